The van der Waals surface area contributed by atoms with Crippen LogP contribution in [0.15, 0.2) is 42.0 Å². The molecule has 140 valence electrons. The zero-order valence-electron chi connectivity index (χ0n) is 14.7. The second-order valence-corrected chi connectivity index (χ2v) is 8.64. The summed E-state index contributed by atoms with van der Waals surface area (Å²) in [7, 11) is 0. The summed E-state index contributed by atoms with van der Waals surface area (Å²) in [6.07, 6.45) is 1.62. The van der Waals surface area contributed by atoms with Gasteiger partial charge >= 0.3 is 0 Å². The fourth-order valence-electron chi connectivity index (χ4n) is 3.17. The number of benzene rings is 1. The maximum Gasteiger partial charge on any atom is 0.232 e. The van der Waals surface area contributed by atoms with Gasteiger partial charge in [-0.1, -0.05) is 23.7 Å². The van der Waals surface area contributed by atoms with Crippen molar-refractivity contribution in [3.8, 4) is 0 Å². The minimum atomic E-state index is 0.199. The first-order chi connectivity index (χ1) is 13.2. The molecule has 5 nitrogen and oxygen atoms in total. The molecule has 1 aliphatic heterocycles. The Labute approximate surface area is 171 Å². The number of halogens is 1. The molecule has 4 rings (SSSR count). The number of rotatable bonds is 5. The van der Waals surface area contributed by atoms with Crippen LogP contribution in [-0.4, -0.2) is 52.7 Å². The Morgan fingerprint density at radius 3 is 2.85 bits per heavy atom. The first-order valence-electron chi connectivity index (χ1n) is 8.74. The van der Waals surface area contributed by atoms with Crippen molar-refractivity contribution in [2.24, 2.45) is 0 Å². The molecule has 2 aromatic heterocycles. The molecular weight excluding hydrogens is 400 g/mol. The quantitative estimate of drug-likeness (QED) is 0.628. The van der Waals surface area contributed by atoms with Crippen LogP contribution >= 0.6 is 34.7 Å². The highest BCUT2D eigenvalue weighted by Gasteiger charge is 2.23. The third kappa shape index (κ3) is 4.36. The molecule has 0 unspecified atom stereocenters. The summed E-state index contributed by atoms with van der Waals surface area (Å²) >= 11 is 9.26. The zero-order valence-corrected chi connectivity index (χ0v) is 17.1. The molecule has 1 aliphatic rings. The first kappa shape index (κ1) is 18.5. The van der Waals surface area contributed by atoms with Crippen molar-refractivity contribution in [3.05, 3.63) is 52.6 Å². The fourth-order valence-corrected chi connectivity index (χ4v) is 4.99. The van der Waals surface area contributed by atoms with Crippen molar-refractivity contribution >= 4 is 56.6 Å². The Balaban J connectivity index is 1.28. The van der Waals surface area contributed by atoms with E-state index in [4.69, 9.17) is 11.6 Å². The van der Waals surface area contributed by atoms with Gasteiger partial charge in [-0.25, -0.2) is 9.97 Å². The average Bonchev–Trinajstić information content (AvgIpc) is 3.17. The number of anilines is 1. The highest BCUT2D eigenvalue weighted by Crippen LogP contribution is 2.27. The minimum Gasteiger partial charge on any atom is -0.352 e. The van der Waals surface area contributed by atoms with Crippen molar-refractivity contribution in [2.45, 2.75) is 5.75 Å². The third-order valence-electron chi connectivity index (χ3n) is 4.56. The van der Waals surface area contributed by atoms with Gasteiger partial charge < -0.3 is 9.80 Å². The van der Waals surface area contributed by atoms with Crippen LogP contribution in [0.25, 0.3) is 10.2 Å². The zero-order chi connectivity index (χ0) is 18.6. The Hall–Kier alpha value is -1.83. The van der Waals surface area contributed by atoms with E-state index in [1.807, 2.05) is 34.5 Å². The largest absolute Gasteiger partial charge is 0.352 e. The van der Waals surface area contributed by atoms with E-state index in [-0.39, 0.29) is 5.91 Å². The maximum absolute atomic E-state index is 12.5. The Morgan fingerprint density at radius 2 is 2.04 bits per heavy atom. The number of hydrogen-bond donors (Lipinski definition) is 0. The molecule has 0 saturated carbocycles. The van der Waals surface area contributed by atoms with Crippen LogP contribution in [0, 0.1) is 0 Å². The van der Waals surface area contributed by atoms with E-state index in [9.17, 15) is 4.79 Å². The van der Waals surface area contributed by atoms with E-state index in [2.05, 4.69) is 20.9 Å². The molecule has 0 aliphatic carbocycles. The molecule has 3 heterocycles. The third-order valence-corrected chi connectivity index (χ3v) is 6.60. The molecule has 1 saturated heterocycles. The number of hydrogen-bond acceptors (Lipinski definition) is 6. The molecule has 0 atom stereocenters. The lowest BCUT2D eigenvalue weighted by Gasteiger charge is -2.35. The van der Waals surface area contributed by atoms with E-state index >= 15 is 0 Å². The van der Waals surface area contributed by atoms with Crippen LogP contribution in [0.3, 0.4) is 0 Å². The molecular formula is C19H19ClN4OS2. The van der Waals surface area contributed by atoms with Crippen molar-refractivity contribution in [1.82, 2.24) is 14.9 Å². The standard InChI is InChI=1S/C19H19ClN4OS2/c20-15-3-1-2-14(10-15)11-26-12-17(25)23-5-7-24(8-6-23)18-16-4-9-27-19(16)22-13-21-18/h1-4,9-10,13H,5-8,11-12H2. The summed E-state index contributed by atoms with van der Waals surface area (Å²) in [5, 5.41) is 3.87. The van der Waals surface area contributed by atoms with E-state index in [1.54, 1.807) is 29.4 Å². The summed E-state index contributed by atoms with van der Waals surface area (Å²) in [6.45, 7) is 3.05. The van der Waals surface area contributed by atoms with E-state index < -0.39 is 0 Å². The fraction of sp³-hybridized carbons (Fsp3) is 0.316. The number of thiophene rings is 1. The number of carbonyl (C=O) groups is 1. The van der Waals surface area contributed by atoms with Gasteiger partial charge in [-0.15, -0.1) is 23.1 Å². The Morgan fingerprint density at radius 1 is 1.19 bits per heavy atom. The summed E-state index contributed by atoms with van der Waals surface area (Å²) in [5.74, 6) is 2.46. The van der Waals surface area contributed by atoms with Crippen LogP contribution in [0.1, 0.15) is 5.56 Å². The Kier molecular flexibility index (Phi) is 5.80. The molecule has 1 amide bonds. The highest BCUT2D eigenvalue weighted by atomic mass is 35.5. The SMILES string of the molecule is O=C(CSCc1cccc(Cl)c1)N1CCN(c2ncnc3sccc23)CC1. The summed E-state index contributed by atoms with van der Waals surface area (Å²) < 4.78 is 0. The van der Waals surface area contributed by atoms with Gasteiger partial charge in [0.2, 0.25) is 5.91 Å². The van der Waals surface area contributed by atoms with Crippen LogP contribution in [0.2, 0.25) is 5.02 Å². The second kappa shape index (κ2) is 8.46. The van der Waals surface area contributed by atoms with Crippen LogP contribution < -0.4 is 4.90 Å². The van der Waals surface area contributed by atoms with Gasteiger partial charge in [0.15, 0.2) is 0 Å². The summed E-state index contributed by atoms with van der Waals surface area (Å²) in [6, 6.07) is 9.86. The number of fused-ring (bicyclic) bond motifs is 1. The molecule has 27 heavy (non-hydrogen) atoms. The van der Waals surface area contributed by atoms with Crippen molar-refractivity contribution in [2.75, 3.05) is 36.8 Å². The first-order valence-corrected chi connectivity index (χ1v) is 11.1. The lowest BCUT2D eigenvalue weighted by molar-refractivity contribution is -0.128. The van der Waals surface area contributed by atoms with Crippen molar-refractivity contribution in [1.29, 1.82) is 0 Å². The molecule has 0 radical (unpaired) electrons. The van der Waals surface area contributed by atoms with E-state index in [1.165, 1.54) is 0 Å². The van der Waals surface area contributed by atoms with Gasteiger partial charge in [0.1, 0.15) is 17.0 Å². The average molecular weight is 419 g/mol. The smallest absolute Gasteiger partial charge is 0.232 e. The topological polar surface area (TPSA) is 49.3 Å². The second-order valence-electron chi connectivity index (χ2n) is 6.33. The number of aromatic nitrogens is 2. The van der Waals surface area contributed by atoms with Gasteiger partial charge in [0.25, 0.3) is 0 Å². The van der Waals surface area contributed by atoms with Gasteiger partial charge in [-0.2, -0.15) is 0 Å². The molecule has 0 spiro atoms. The minimum absolute atomic E-state index is 0.199. The molecule has 0 bridgehead atoms. The van der Waals surface area contributed by atoms with Crippen LogP contribution in [0.4, 0.5) is 5.82 Å². The predicted molar refractivity (Wildman–Crippen MR) is 114 cm³/mol. The monoisotopic (exact) mass is 418 g/mol. The summed E-state index contributed by atoms with van der Waals surface area (Å²) in [4.78, 5) is 26.5. The number of amides is 1. The van der Waals surface area contributed by atoms with Crippen LogP contribution in [-0.2, 0) is 10.5 Å². The molecule has 1 fully saturated rings. The highest BCUT2D eigenvalue weighted by molar-refractivity contribution is 7.99. The normalized spacial score (nSPS) is 14.7. The van der Waals surface area contributed by atoms with E-state index in [0.717, 1.165) is 58.6 Å². The Bertz CT molecular complexity index is 940. The predicted octanol–water partition coefficient (Wildman–Crippen LogP) is 3.93. The molecule has 8 heteroatoms. The number of piperazine rings is 1. The van der Waals surface area contributed by atoms with Gasteiger partial charge in [0.05, 0.1) is 11.1 Å². The molecule has 3 aromatic rings. The summed E-state index contributed by atoms with van der Waals surface area (Å²) in [5.41, 5.74) is 1.15. The lowest BCUT2D eigenvalue weighted by Crippen LogP contribution is -2.49. The van der Waals surface area contributed by atoms with Crippen LogP contribution in [0.5, 0.6) is 0 Å². The molecule has 1 aromatic carbocycles. The number of carbonyl (C=O) groups excluding carboxylic acids is 1. The van der Waals surface area contributed by atoms with Gasteiger partial charge in [-0.05, 0) is 29.1 Å². The van der Waals surface area contributed by atoms with Crippen molar-refractivity contribution < 1.29 is 4.79 Å². The van der Waals surface area contributed by atoms with Crippen molar-refractivity contribution in [3.63, 3.8) is 0 Å². The van der Waals surface area contributed by atoms with E-state index in [0.29, 0.717) is 5.75 Å². The maximum atomic E-state index is 12.5. The number of thioether (sulfide) groups is 1. The number of nitrogens with zero attached hydrogens (tertiary/aromatic N) is 4. The molecule has 0 N–H and O–H groups in total. The van der Waals surface area contributed by atoms with Gasteiger partial charge in [0, 0.05) is 37.0 Å². The lowest BCUT2D eigenvalue weighted by atomic mass is 10.2. The van der Waals surface area contributed by atoms with Gasteiger partial charge in [-0.3, -0.25) is 4.79 Å².